The van der Waals surface area contributed by atoms with Gasteiger partial charge in [-0.25, -0.2) is 4.98 Å². The van der Waals surface area contributed by atoms with E-state index in [4.69, 9.17) is 4.74 Å². The van der Waals surface area contributed by atoms with Crippen LogP contribution < -0.4 is 10.3 Å². The van der Waals surface area contributed by atoms with Gasteiger partial charge >= 0.3 is 0 Å². The van der Waals surface area contributed by atoms with Crippen LogP contribution in [0.5, 0.6) is 5.88 Å². The van der Waals surface area contributed by atoms with Crippen LogP contribution in [0.15, 0.2) is 41.5 Å². The Kier molecular flexibility index (Phi) is 2.49. The fraction of sp³-hybridized carbons (Fsp3) is 0.0909. The average Bonchev–Trinajstić information content (AvgIpc) is 2.30. The molecule has 0 aliphatic carbocycles. The van der Waals surface area contributed by atoms with Gasteiger partial charge in [0.25, 0.3) is 0 Å². The van der Waals surface area contributed by atoms with Crippen LogP contribution in [0, 0.1) is 0 Å². The fourth-order valence-corrected chi connectivity index (χ4v) is 1.35. The minimum atomic E-state index is -0.124. The largest absolute Gasteiger partial charge is 0.481 e. The Hall–Kier alpha value is -2.10. The van der Waals surface area contributed by atoms with Crippen molar-refractivity contribution in [2.75, 3.05) is 7.11 Å². The third kappa shape index (κ3) is 1.88. The number of nitrogens with zero attached hydrogens (tertiary/aromatic N) is 1. The van der Waals surface area contributed by atoms with Crippen molar-refractivity contribution < 1.29 is 4.74 Å². The van der Waals surface area contributed by atoms with E-state index < -0.39 is 0 Å². The van der Waals surface area contributed by atoms with Crippen LogP contribution in [0.25, 0.3) is 11.1 Å². The minimum Gasteiger partial charge on any atom is -0.481 e. The molecule has 4 heteroatoms. The van der Waals surface area contributed by atoms with Crippen molar-refractivity contribution in [3.8, 4) is 17.0 Å². The summed E-state index contributed by atoms with van der Waals surface area (Å²) in [5.41, 5.74) is 1.61. The Labute approximate surface area is 86.6 Å². The second kappa shape index (κ2) is 3.96. The van der Waals surface area contributed by atoms with Crippen molar-refractivity contribution in [3.63, 3.8) is 0 Å². The first-order chi connectivity index (χ1) is 7.31. The average molecular weight is 202 g/mol. The Balaban J connectivity index is 2.53. The van der Waals surface area contributed by atoms with E-state index >= 15 is 0 Å². The van der Waals surface area contributed by atoms with E-state index in [0.717, 1.165) is 11.1 Å². The van der Waals surface area contributed by atoms with E-state index in [0.29, 0.717) is 5.88 Å². The highest BCUT2D eigenvalue weighted by atomic mass is 16.5. The van der Waals surface area contributed by atoms with Gasteiger partial charge in [0.1, 0.15) is 0 Å². The number of aromatic nitrogens is 2. The minimum absolute atomic E-state index is 0.124. The highest BCUT2D eigenvalue weighted by Crippen LogP contribution is 2.25. The van der Waals surface area contributed by atoms with Gasteiger partial charge in [0.15, 0.2) is 0 Å². The molecule has 0 amide bonds. The van der Waals surface area contributed by atoms with Crippen molar-refractivity contribution in [1.82, 2.24) is 9.97 Å². The maximum absolute atomic E-state index is 10.9. The zero-order chi connectivity index (χ0) is 10.7. The lowest BCUT2D eigenvalue weighted by molar-refractivity contribution is 0.399. The highest BCUT2D eigenvalue weighted by molar-refractivity contribution is 5.67. The molecular weight excluding hydrogens is 192 g/mol. The fourth-order valence-electron chi connectivity index (χ4n) is 1.35. The van der Waals surface area contributed by atoms with Crippen LogP contribution in [-0.2, 0) is 0 Å². The molecule has 0 fully saturated rings. The third-order valence-electron chi connectivity index (χ3n) is 2.06. The van der Waals surface area contributed by atoms with E-state index in [1.165, 1.54) is 6.07 Å². The molecule has 1 N–H and O–H groups in total. The number of H-pyrrole nitrogens is 1. The molecule has 2 aromatic rings. The Morgan fingerprint density at radius 1 is 1.33 bits per heavy atom. The van der Waals surface area contributed by atoms with Gasteiger partial charge in [-0.15, -0.1) is 0 Å². The third-order valence-corrected chi connectivity index (χ3v) is 2.06. The van der Waals surface area contributed by atoms with Crippen LogP contribution in [0.1, 0.15) is 0 Å². The van der Waals surface area contributed by atoms with Gasteiger partial charge in [-0.1, -0.05) is 0 Å². The van der Waals surface area contributed by atoms with Crippen molar-refractivity contribution in [1.29, 1.82) is 0 Å². The first-order valence-corrected chi connectivity index (χ1v) is 4.49. The zero-order valence-electron chi connectivity index (χ0n) is 8.23. The molecule has 0 bridgehead atoms. The predicted octanol–water partition coefficient (Wildman–Crippen LogP) is 1.45. The molecule has 0 radical (unpaired) electrons. The van der Waals surface area contributed by atoms with Gasteiger partial charge < -0.3 is 9.72 Å². The van der Waals surface area contributed by atoms with Crippen LogP contribution in [0.4, 0.5) is 0 Å². The van der Waals surface area contributed by atoms with Gasteiger partial charge in [0, 0.05) is 29.6 Å². The number of hydrogen-bond donors (Lipinski definition) is 1. The summed E-state index contributed by atoms with van der Waals surface area (Å²) in [4.78, 5) is 17.6. The van der Waals surface area contributed by atoms with Gasteiger partial charge in [0.05, 0.1) is 7.11 Å². The number of hydrogen-bond acceptors (Lipinski definition) is 3. The molecule has 2 aromatic heterocycles. The lowest BCUT2D eigenvalue weighted by Gasteiger charge is -2.05. The Morgan fingerprint density at radius 3 is 2.87 bits per heavy atom. The van der Waals surface area contributed by atoms with Crippen LogP contribution in [0.3, 0.4) is 0 Å². The first kappa shape index (κ1) is 9.45. The summed E-state index contributed by atoms with van der Waals surface area (Å²) in [7, 11) is 1.57. The number of aromatic amines is 1. The van der Waals surface area contributed by atoms with Crippen LogP contribution in [-0.4, -0.2) is 17.1 Å². The standard InChI is InChI=1S/C11H10N2O2/c1-15-11-9(3-2-6-12-11)8-4-5-10(14)13-7-8/h2-7H,1H3,(H,13,14). The topological polar surface area (TPSA) is 55.0 Å². The molecule has 2 heterocycles. The SMILES string of the molecule is COc1ncccc1-c1ccc(=O)[nH]c1. The zero-order valence-corrected chi connectivity index (χ0v) is 8.23. The Bertz CT molecular complexity index is 499. The summed E-state index contributed by atoms with van der Waals surface area (Å²) >= 11 is 0. The van der Waals surface area contributed by atoms with E-state index in [9.17, 15) is 4.79 Å². The lowest BCUT2D eigenvalue weighted by Crippen LogP contribution is -2.01. The summed E-state index contributed by atoms with van der Waals surface area (Å²) in [6.45, 7) is 0. The van der Waals surface area contributed by atoms with Gasteiger partial charge in [0.2, 0.25) is 11.4 Å². The summed E-state index contributed by atoms with van der Waals surface area (Å²) < 4.78 is 5.13. The number of rotatable bonds is 2. The summed E-state index contributed by atoms with van der Waals surface area (Å²) in [5.74, 6) is 0.546. The van der Waals surface area contributed by atoms with Gasteiger partial charge in [-0.3, -0.25) is 4.79 Å². The number of nitrogens with one attached hydrogen (secondary N) is 1. The predicted molar refractivity (Wildman–Crippen MR) is 56.8 cm³/mol. The molecule has 0 aromatic carbocycles. The monoisotopic (exact) mass is 202 g/mol. The maximum atomic E-state index is 10.9. The Morgan fingerprint density at radius 2 is 2.20 bits per heavy atom. The molecular formula is C11H10N2O2. The molecule has 0 aliphatic heterocycles. The summed E-state index contributed by atoms with van der Waals surface area (Å²) in [6.07, 6.45) is 3.30. The van der Waals surface area contributed by atoms with Gasteiger partial charge in [-0.05, 0) is 18.2 Å². The molecule has 2 rings (SSSR count). The second-order valence-electron chi connectivity index (χ2n) is 3.00. The number of ether oxygens (including phenoxy) is 1. The molecule has 0 spiro atoms. The van der Waals surface area contributed by atoms with Crippen molar-refractivity contribution in [3.05, 3.63) is 47.0 Å². The van der Waals surface area contributed by atoms with Crippen molar-refractivity contribution in [2.24, 2.45) is 0 Å². The molecule has 4 nitrogen and oxygen atoms in total. The molecule has 0 atom stereocenters. The smallest absolute Gasteiger partial charge is 0.247 e. The van der Waals surface area contributed by atoms with E-state index in [-0.39, 0.29) is 5.56 Å². The van der Waals surface area contributed by atoms with Crippen LogP contribution >= 0.6 is 0 Å². The van der Waals surface area contributed by atoms with Gasteiger partial charge in [-0.2, -0.15) is 0 Å². The van der Waals surface area contributed by atoms with Crippen molar-refractivity contribution >= 4 is 0 Å². The lowest BCUT2D eigenvalue weighted by atomic mass is 10.1. The molecule has 76 valence electrons. The molecule has 0 aliphatic rings. The molecule has 0 unspecified atom stereocenters. The molecule has 0 saturated carbocycles. The van der Waals surface area contributed by atoms with Crippen LogP contribution in [0.2, 0.25) is 0 Å². The number of methoxy groups -OCH3 is 1. The van der Waals surface area contributed by atoms with Crippen molar-refractivity contribution in [2.45, 2.75) is 0 Å². The molecule has 0 saturated heterocycles. The first-order valence-electron chi connectivity index (χ1n) is 4.49. The quantitative estimate of drug-likeness (QED) is 0.801. The second-order valence-corrected chi connectivity index (χ2v) is 3.00. The maximum Gasteiger partial charge on any atom is 0.247 e. The van der Waals surface area contributed by atoms with E-state index in [1.54, 1.807) is 25.6 Å². The highest BCUT2D eigenvalue weighted by Gasteiger charge is 2.05. The van der Waals surface area contributed by atoms with E-state index in [2.05, 4.69) is 9.97 Å². The molecule has 15 heavy (non-hydrogen) atoms. The summed E-state index contributed by atoms with van der Waals surface area (Å²) in [6, 6.07) is 6.92. The van der Waals surface area contributed by atoms with E-state index in [1.807, 2.05) is 12.1 Å². The summed E-state index contributed by atoms with van der Waals surface area (Å²) in [5, 5.41) is 0. The normalized spacial score (nSPS) is 9.93. The number of pyridine rings is 2.